The van der Waals surface area contributed by atoms with Crippen LogP contribution in [0.2, 0.25) is 0 Å². The maximum absolute atomic E-state index is 13.3. The predicted molar refractivity (Wildman–Crippen MR) is 67.2 cm³/mol. The molecule has 0 aliphatic carbocycles. The number of nitrogens with one attached hydrogen (secondary N) is 1. The molecule has 0 bridgehead atoms. The van der Waals surface area contributed by atoms with E-state index in [4.69, 9.17) is 0 Å². The zero-order valence-electron chi connectivity index (χ0n) is 11.0. The molecular formula is C13H20F2N2O. The summed E-state index contributed by atoms with van der Waals surface area (Å²) in [6.07, 6.45) is 0. The molecule has 18 heavy (non-hydrogen) atoms. The van der Waals surface area contributed by atoms with Crippen LogP contribution in [0.4, 0.5) is 8.78 Å². The smallest absolute Gasteiger partial charge is 0.130 e. The van der Waals surface area contributed by atoms with Crippen LogP contribution in [0, 0.1) is 11.6 Å². The van der Waals surface area contributed by atoms with Gasteiger partial charge in [-0.15, -0.1) is 0 Å². The molecule has 0 saturated heterocycles. The van der Waals surface area contributed by atoms with Gasteiger partial charge in [-0.1, -0.05) is 6.07 Å². The van der Waals surface area contributed by atoms with E-state index in [1.54, 1.807) is 6.92 Å². The fourth-order valence-corrected chi connectivity index (χ4v) is 1.90. The molecular weight excluding hydrogens is 238 g/mol. The number of benzene rings is 1. The van der Waals surface area contributed by atoms with Gasteiger partial charge in [-0.2, -0.15) is 0 Å². The Hall–Kier alpha value is -1.04. The van der Waals surface area contributed by atoms with E-state index in [2.05, 4.69) is 5.32 Å². The van der Waals surface area contributed by atoms with Gasteiger partial charge in [0.15, 0.2) is 0 Å². The van der Waals surface area contributed by atoms with Crippen LogP contribution in [0.1, 0.15) is 12.5 Å². The average molecular weight is 258 g/mol. The van der Waals surface area contributed by atoms with E-state index in [0.29, 0.717) is 6.54 Å². The van der Waals surface area contributed by atoms with Gasteiger partial charge >= 0.3 is 0 Å². The first-order valence-electron chi connectivity index (χ1n) is 5.82. The summed E-state index contributed by atoms with van der Waals surface area (Å²) >= 11 is 0. The minimum atomic E-state index is -0.939. The van der Waals surface area contributed by atoms with E-state index in [9.17, 15) is 13.9 Å². The van der Waals surface area contributed by atoms with Gasteiger partial charge in [-0.05, 0) is 33.2 Å². The summed E-state index contributed by atoms with van der Waals surface area (Å²) in [5, 5.41) is 12.9. The van der Waals surface area contributed by atoms with Crippen LogP contribution in [-0.4, -0.2) is 42.8 Å². The van der Waals surface area contributed by atoms with Crippen LogP contribution in [0.5, 0.6) is 0 Å². The first-order valence-corrected chi connectivity index (χ1v) is 5.82. The minimum Gasteiger partial charge on any atom is -0.388 e. The molecule has 0 radical (unpaired) electrons. The van der Waals surface area contributed by atoms with Crippen LogP contribution < -0.4 is 5.32 Å². The molecule has 102 valence electrons. The lowest BCUT2D eigenvalue weighted by Crippen LogP contribution is -2.45. The molecule has 1 aromatic carbocycles. The summed E-state index contributed by atoms with van der Waals surface area (Å²) in [6.45, 7) is 2.47. The van der Waals surface area contributed by atoms with Crippen LogP contribution in [0.25, 0.3) is 0 Å². The van der Waals surface area contributed by atoms with Crippen molar-refractivity contribution < 1.29 is 13.9 Å². The Kier molecular flexibility index (Phi) is 5.19. The molecule has 5 heteroatoms. The van der Waals surface area contributed by atoms with Crippen molar-refractivity contribution in [3.63, 3.8) is 0 Å². The highest BCUT2D eigenvalue weighted by Gasteiger charge is 2.21. The molecule has 0 aromatic heterocycles. The minimum absolute atomic E-state index is 0.00171. The molecule has 1 atom stereocenters. The number of hydrogen-bond acceptors (Lipinski definition) is 3. The third kappa shape index (κ3) is 4.68. The monoisotopic (exact) mass is 258 g/mol. The second kappa shape index (κ2) is 6.22. The number of rotatable bonds is 6. The van der Waals surface area contributed by atoms with Gasteiger partial charge in [-0.3, -0.25) is 0 Å². The van der Waals surface area contributed by atoms with Crippen molar-refractivity contribution in [1.82, 2.24) is 10.2 Å². The number of likely N-dealkylation sites (N-methyl/N-ethyl adjacent to an activating group) is 1. The fourth-order valence-electron chi connectivity index (χ4n) is 1.90. The van der Waals surface area contributed by atoms with Crippen molar-refractivity contribution in [2.24, 2.45) is 0 Å². The van der Waals surface area contributed by atoms with Crippen LogP contribution in [-0.2, 0) is 6.54 Å². The van der Waals surface area contributed by atoms with Crippen molar-refractivity contribution in [3.05, 3.63) is 35.4 Å². The van der Waals surface area contributed by atoms with Gasteiger partial charge in [0.2, 0.25) is 0 Å². The lowest BCUT2D eigenvalue weighted by atomic mass is 10.1. The lowest BCUT2D eigenvalue weighted by Gasteiger charge is -2.27. The molecule has 1 rings (SSSR count). The molecule has 3 nitrogen and oxygen atoms in total. The Labute approximate surface area is 106 Å². The van der Waals surface area contributed by atoms with Crippen molar-refractivity contribution in [2.45, 2.75) is 19.1 Å². The molecule has 1 unspecified atom stereocenters. The fraction of sp³-hybridized carbons (Fsp3) is 0.538. The van der Waals surface area contributed by atoms with Crippen molar-refractivity contribution in [1.29, 1.82) is 0 Å². The normalized spacial score (nSPS) is 14.8. The Morgan fingerprint density at radius 3 is 2.33 bits per heavy atom. The van der Waals surface area contributed by atoms with Crippen molar-refractivity contribution in [2.75, 3.05) is 27.2 Å². The molecule has 1 aromatic rings. The zero-order valence-corrected chi connectivity index (χ0v) is 11.0. The van der Waals surface area contributed by atoms with Gasteiger partial charge in [-0.25, -0.2) is 8.78 Å². The number of nitrogens with zero attached hydrogens (tertiary/aromatic N) is 1. The summed E-state index contributed by atoms with van der Waals surface area (Å²) in [6, 6.07) is 3.77. The third-order valence-electron chi connectivity index (χ3n) is 2.53. The van der Waals surface area contributed by atoms with Gasteiger partial charge in [0.25, 0.3) is 0 Å². The van der Waals surface area contributed by atoms with E-state index >= 15 is 0 Å². The van der Waals surface area contributed by atoms with Gasteiger partial charge in [0, 0.05) is 25.2 Å². The molecule has 0 spiro atoms. The highest BCUT2D eigenvalue weighted by atomic mass is 19.1. The van der Waals surface area contributed by atoms with E-state index in [-0.39, 0.29) is 18.7 Å². The predicted octanol–water partition coefficient (Wildman–Crippen LogP) is 1.37. The Morgan fingerprint density at radius 1 is 1.28 bits per heavy atom. The first kappa shape index (κ1) is 15.0. The number of hydrogen-bond donors (Lipinski definition) is 2. The highest BCUT2D eigenvalue weighted by Crippen LogP contribution is 2.12. The summed E-state index contributed by atoms with van der Waals surface area (Å²) < 4.78 is 26.7. The van der Waals surface area contributed by atoms with Gasteiger partial charge in [0.05, 0.1) is 5.60 Å². The maximum Gasteiger partial charge on any atom is 0.130 e. The van der Waals surface area contributed by atoms with Gasteiger partial charge < -0.3 is 15.3 Å². The van der Waals surface area contributed by atoms with Crippen molar-refractivity contribution >= 4 is 0 Å². The zero-order chi connectivity index (χ0) is 13.8. The molecule has 0 fully saturated rings. The average Bonchev–Trinajstić information content (AvgIpc) is 2.20. The van der Waals surface area contributed by atoms with Crippen LogP contribution in [0.15, 0.2) is 18.2 Å². The SMILES string of the molecule is CN(C)CC(C)(O)CNCc1c(F)cccc1F. The summed E-state index contributed by atoms with van der Waals surface area (Å²) in [5.41, 5.74) is -0.941. The van der Waals surface area contributed by atoms with Gasteiger partial charge in [0.1, 0.15) is 11.6 Å². The molecule has 0 heterocycles. The number of halogens is 2. The number of aliphatic hydroxyl groups is 1. The van der Waals surface area contributed by atoms with E-state index in [1.165, 1.54) is 18.2 Å². The third-order valence-corrected chi connectivity index (χ3v) is 2.53. The topological polar surface area (TPSA) is 35.5 Å². The molecule has 2 N–H and O–H groups in total. The van der Waals surface area contributed by atoms with Crippen molar-refractivity contribution in [3.8, 4) is 0 Å². The van der Waals surface area contributed by atoms with E-state index in [0.717, 1.165) is 0 Å². The second-order valence-electron chi connectivity index (χ2n) is 5.04. The molecule has 0 saturated carbocycles. The second-order valence-corrected chi connectivity index (χ2v) is 5.04. The Bertz CT molecular complexity index is 374. The Morgan fingerprint density at radius 2 is 1.83 bits per heavy atom. The summed E-state index contributed by atoms with van der Waals surface area (Å²) in [5.74, 6) is -1.15. The van der Waals surface area contributed by atoms with E-state index < -0.39 is 17.2 Å². The largest absolute Gasteiger partial charge is 0.388 e. The summed E-state index contributed by atoms with van der Waals surface area (Å²) in [7, 11) is 3.70. The molecule has 0 aliphatic rings. The lowest BCUT2D eigenvalue weighted by molar-refractivity contribution is 0.0334. The quantitative estimate of drug-likeness (QED) is 0.809. The van der Waals surface area contributed by atoms with Crippen LogP contribution in [0.3, 0.4) is 0 Å². The standard InChI is InChI=1S/C13H20F2N2O/c1-13(18,9-17(2)3)8-16-7-10-11(14)5-4-6-12(10)15/h4-6,16,18H,7-9H2,1-3H3. The molecule has 0 aliphatic heterocycles. The molecule has 0 amide bonds. The highest BCUT2D eigenvalue weighted by molar-refractivity contribution is 5.19. The first-order chi connectivity index (χ1) is 8.32. The Balaban J connectivity index is 2.51. The maximum atomic E-state index is 13.3. The van der Waals surface area contributed by atoms with Crippen LogP contribution >= 0.6 is 0 Å². The summed E-state index contributed by atoms with van der Waals surface area (Å²) in [4.78, 5) is 1.85. The van der Waals surface area contributed by atoms with E-state index in [1.807, 2.05) is 19.0 Å².